The van der Waals surface area contributed by atoms with Gasteiger partial charge in [-0.2, -0.15) is 44.5 Å². The van der Waals surface area contributed by atoms with Crippen LogP contribution in [0.15, 0.2) is 22.7 Å². The first-order chi connectivity index (χ1) is 14.6. The van der Waals surface area contributed by atoms with E-state index in [1.54, 1.807) is 0 Å². The van der Waals surface area contributed by atoms with Gasteiger partial charge in [0.1, 0.15) is 0 Å². The molecule has 1 aliphatic heterocycles. The molecule has 3 rings (SSSR count). The van der Waals surface area contributed by atoms with Crippen LogP contribution in [0.1, 0.15) is 35.8 Å². The number of benzene rings is 1. The van der Waals surface area contributed by atoms with Crippen LogP contribution in [0.5, 0.6) is 0 Å². The highest BCUT2D eigenvalue weighted by Gasteiger charge is 2.43. The number of hydrogen-bond acceptors (Lipinski definition) is 6. The highest BCUT2D eigenvalue weighted by Crippen LogP contribution is 2.38. The van der Waals surface area contributed by atoms with E-state index in [9.17, 15) is 44.3 Å². The molecule has 1 aliphatic rings. The van der Waals surface area contributed by atoms with Crippen LogP contribution in [0.4, 0.5) is 39.5 Å². The molecule has 2 heterocycles. The number of carbonyl (C=O) groups excluding carboxylic acids is 1. The second-order valence-corrected chi connectivity index (χ2v) is 6.83. The molecule has 0 N–H and O–H groups in total. The van der Waals surface area contributed by atoms with Gasteiger partial charge in [-0.25, -0.2) is 4.79 Å². The van der Waals surface area contributed by atoms with Gasteiger partial charge in [-0.05, 0) is 31.0 Å². The van der Waals surface area contributed by atoms with E-state index < -0.39 is 52.9 Å². The Morgan fingerprint density at radius 2 is 1.47 bits per heavy atom. The Morgan fingerprint density at radius 3 is 1.94 bits per heavy atom. The van der Waals surface area contributed by atoms with Gasteiger partial charge in [0, 0.05) is 24.6 Å². The summed E-state index contributed by atoms with van der Waals surface area (Å²) in [6.45, 7) is -0.266. The zero-order valence-corrected chi connectivity index (χ0v) is 15.6. The maximum Gasteiger partial charge on any atom is 0.492 e. The van der Waals surface area contributed by atoms with Crippen LogP contribution in [0.2, 0.25) is 0 Å². The van der Waals surface area contributed by atoms with Crippen molar-refractivity contribution in [3.05, 3.63) is 35.2 Å². The minimum absolute atomic E-state index is 0.0392. The van der Waals surface area contributed by atoms with E-state index in [0.717, 1.165) is 5.06 Å². The normalized spacial score (nSPS) is 16.9. The van der Waals surface area contributed by atoms with E-state index in [2.05, 4.69) is 15.0 Å². The van der Waals surface area contributed by atoms with E-state index in [0.29, 0.717) is 12.1 Å². The predicted octanol–water partition coefficient (Wildman–Crippen LogP) is 4.97. The largest absolute Gasteiger partial charge is 0.492 e. The molecule has 0 amide bonds. The molecule has 0 unspecified atom stereocenters. The average molecular weight is 477 g/mol. The minimum atomic E-state index is -5.17. The number of aromatic nitrogens is 2. The fourth-order valence-electron chi connectivity index (χ4n) is 2.97. The van der Waals surface area contributed by atoms with Gasteiger partial charge < -0.3 is 9.36 Å². The number of piperidine rings is 1. The third-order valence-corrected chi connectivity index (χ3v) is 4.53. The van der Waals surface area contributed by atoms with Gasteiger partial charge in [-0.3, -0.25) is 0 Å². The van der Waals surface area contributed by atoms with Crippen LogP contribution < -0.4 is 0 Å². The predicted molar refractivity (Wildman–Crippen MR) is 85.4 cm³/mol. The zero-order valence-electron chi connectivity index (χ0n) is 15.6. The second kappa shape index (κ2) is 8.26. The highest BCUT2D eigenvalue weighted by atomic mass is 19.4. The van der Waals surface area contributed by atoms with Crippen molar-refractivity contribution < 1.29 is 53.7 Å². The second-order valence-electron chi connectivity index (χ2n) is 6.83. The van der Waals surface area contributed by atoms with Crippen molar-refractivity contribution in [3.8, 4) is 11.4 Å². The number of alkyl halides is 9. The number of rotatable bonds is 3. The monoisotopic (exact) mass is 477 g/mol. The lowest BCUT2D eigenvalue weighted by atomic mass is 9.98. The molecule has 0 saturated carbocycles. The number of nitrogens with zero attached hydrogens (tertiary/aromatic N) is 3. The third kappa shape index (κ3) is 5.49. The van der Waals surface area contributed by atoms with E-state index in [-0.39, 0.29) is 37.9 Å². The van der Waals surface area contributed by atoms with Gasteiger partial charge in [0.15, 0.2) is 0 Å². The lowest BCUT2D eigenvalue weighted by Crippen LogP contribution is -2.39. The Kier molecular flexibility index (Phi) is 6.14. The quantitative estimate of drug-likeness (QED) is 0.582. The fourth-order valence-corrected chi connectivity index (χ4v) is 2.97. The molecular formula is C17H12F9N3O3. The molecule has 1 aromatic carbocycles. The molecule has 2 aromatic rings. The standard InChI is InChI=1S/C17H12F9N3O3/c18-15(19,20)10-5-9(6-11(7-10)16(21,22)23)12-27-13(31-28-12)8-1-3-29(4-2-8)32-14(30)17(24,25)26/h5-8H,1-4H2. The lowest BCUT2D eigenvalue weighted by molar-refractivity contribution is -0.241. The minimum Gasteiger partial charge on any atom is -0.361 e. The number of hydroxylamine groups is 2. The maximum atomic E-state index is 13.0. The van der Waals surface area contributed by atoms with Crippen molar-refractivity contribution in [1.29, 1.82) is 0 Å². The molecule has 15 heteroatoms. The van der Waals surface area contributed by atoms with Crippen LogP contribution in [-0.4, -0.2) is 40.4 Å². The Hall–Kier alpha value is -2.84. The molecule has 0 radical (unpaired) electrons. The Bertz CT molecular complexity index is 942. The van der Waals surface area contributed by atoms with E-state index in [4.69, 9.17) is 4.52 Å². The molecule has 0 spiro atoms. The zero-order chi connectivity index (χ0) is 23.9. The summed E-state index contributed by atoms with van der Waals surface area (Å²) in [5, 5.41) is 4.22. The summed E-state index contributed by atoms with van der Waals surface area (Å²) in [5.41, 5.74) is -3.67. The van der Waals surface area contributed by atoms with Gasteiger partial charge in [0.2, 0.25) is 11.7 Å². The summed E-state index contributed by atoms with van der Waals surface area (Å²) in [5.74, 6) is -3.57. The molecule has 0 aliphatic carbocycles. The summed E-state index contributed by atoms with van der Waals surface area (Å²) < 4.78 is 120. The average Bonchev–Trinajstić information content (AvgIpc) is 3.16. The number of halogens is 9. The molecule has 1 aromatic heterocycles. The van der Waals surface area contributed by atoms with Gasteiger partial charge >= 0.3 is 24.5 Å². The van der Waals surface area contributed by atoms with E-state index in [1.165, 1.54) is 0 Å². The van der Waals surface area contributed by atoms with Crippen LogP contribution in [0.25, 0.3) is 11.4 Å². The Balaban J connectivity index is 1.76. The molecule has 176 valence electrons. The van der Waals surface area contributed by atoms with Crippen LogP contribution in [0.3, 0.4) is 0 Å². The molecule has 1 saturated heterocycles. The van der Waals surface area contributed by atoms with Gasteiger partial charge in [-0.15, -0.1) is 5.06 Å². The Morgan fingerprint density at radius 1 is 0.938 bits per heavy atom. The summed E-state index contributed by atoms with van der Waals surface area (Å²) >= 11 is 0. The van der Waals surface area contributed by atoms with Gasteiger partial charge in [0.25, 0.3) is 0 Å². The maximum absolute atomic E-state index is 13.0. The van der Waals surface area contributed by atoms with Crippen LogP contribution in [0, 0.1) is 0 Å². The van der Waals surface area contributed by atoms with Gasteiger partial charge in [-0.1, -0.05) is 5.16 Å². The summed E-state index contributed by atoms with van der Waals surface area (Å²) in [6.07, 6.45) is -15.1. The summed E-state index contributed by atoms with van der Waals surface area (Å²) in [6, 6.07) is 0.856. The summed E-state index contributed by atoms with van der Waals surface area (Å²) in [7, 11) is 0. The molecule has 0 atom stereocenters. The smallest absolute Gasteiger partial charge is 0.361 e. The first-order valence-corrected chi connectivity index (χ1v) is 8.82. The molecule has 1 fully saturated rings. The lowest BCUT2D eigenvalue weighted by Gasteiger charge is -2.28. The SMILES string of the molecule is O=C(ON1CCC(c2nc(-c3cc(C(F)(F)F)cc(C(F)(F)F)c3)no2)CC1)C(F)(F)F. The van der Waals surface area contributed by atoms with Crippen molar-refractivity contribution in [1.82, 2.24) is 15.2 Å². The molecule has 32 heavy (non-hydrogen) atoms. The molecular weight excluding hydrogens is 465 g/mol. The third-order valence-electron chi connectivity index (χ3n) is 4.53. The number of carbonyl (C=O) groups is 1. The number of hydrogen-bond donors (Lipinski definition) is 0. The van der Waals surface area contributed by atoms with Gasteiger partial charge in [0.05, 0.1) is 11.1 Å². The summed E-state index contributed by atoms with van der Waals surface area (Å²) in [4.78, 5) is 18.9. The first-order valence-electron chi connectivity index (χ1n) is 8.82. The molecule has 0 bridgehead atoms. The van der Waals surface area contributed by atoms with Crippen molar-refractivity contribution in [2.75, 3.05) is 13.1 Å². The van der Waals surface area contributed by atoms with Crippen LogP contribution in [-0.2, 0) is 22.0 Å². The van der Waals surface area contributed by atoms with Crippen molar-refractivity contribution in [3.63, 3.8) is 0 Å². The van der Waals surface area contributed by atoms with Crippen LogP contribution >= 0.6 is 0 Å². The topological polar surface area (TPSA) is 68.5 Å². The van der Waals surface area contributed by atoms with Crippen molar-refractivity contribution in [2.24, 2.45) is 0 Å². The Labute approximate surface area is 172 Å². The van der Waals surface area contributed by atoms with Crippen molar-refractivity contribution >= 4 is 5.97 Å². The van der Waals surface area contributed by atoms with E-state index in [1.807, 2.05) is 0 Å². The van der Waals surface area contributed by atoms with E-state index >= 15 is 0 Å². The fraction of sp³-hybridized carbons (Fsp3) is 0.471. The molecule has 6 nitrogen and oxygen atoms in total. The first kappa shape index (κ1) is 23.8. The highest BCUT2D eigenvalue weighted by molar-refractivity contribution is 5.75. The van der Waals surface area contributed by atoms with Crippen molar-refractivity contribution in [2.45, 2.75) is 37.3 Å².